The molecule has 5 nitrogen and oxygen atoms in total. The Balaban J connectivity index is 1.03. The van der Waals surface area contributed by atoms with Crippen LogP contribution < -0.4 is 0 Å². The van der Waals surface area contributed by atoms with Gasteiger partial charge < -0.3 is 4.42 Å². The van der Waals surface area contributed by atoms with Crippen molar-refractivity contribution in [3.63, 3.8) is 0 Å². The molecule has 0 fully saturated rings. The lowest BCUT2D eigenvalue weighted by atomic mass is 9.97. The average Bonchev–Trinajstić information content (AvgIpc) is 3.72. The molecule has 0 saturated heterocycles. The SMILES string of the molecule is N#Cc1cccc(-c2cccc(-c3nc(-c4cccc(-c5ccc(-c6ccccc6)cc5)c4)nc(-c4ccc5c(c4)oc4cccc(-c6ccc7ccccc7c6)c45)n3)c2)c1. The monoisotopic (exact) mass is 778 g/mol. The van der Waals surface area contributed by atoms with Gasteiger partial charge in [-0.15, -0.1) is 0 Å². The molecule has 0 bridgehead atoms. The van der Waals surface area contributed by atoms with Crippen LogP contribution in [0.25, 0.3) is 111 Å². The van der Waals surface area contributed by atoms with Crippen molar-refractivity contribution in [1.29, 1.82) is 5.26 Å². The van der Waals surface area contributed by atoms with Crippen molar-refractivity contribution in [2.24, 2.45) is 0 Å². The summed E-state index contributed by atoms with van der Waals surface area (Å²) in [6, 6.07) is 72.9. The van der Waals surface area contributed by atoms with Gasteiger partial charge in [-0.05, 0) is 104 Å². The van der Waals surface area contributed by atoms with Crippen molar-refractivity contribution >= 4 is 32.7 Å². The minimum atomic E-state index is 0.534. The van der Waals surface area contributed by atoms with Gasteiger partial charge in [0.05, 0.1) is 11.6 Å². The van der Waals surface area contributed by atoms with E-state index in [1.807, 2.05) is 66.7 Å². The zero-order chi connectivity index (χ0) is 40.7. The van der Waals surface area contributed by atoms with Crippen LogP contribution in [0.15, 0.2) is 211 Å². The van der Waals surface area contributed by atoms with Crippen molar-refractivity contribution in [3.8, 4) is 84.7 Å². The summed E-state index contributed by atoms with van der Waals surface area (Å²) < 4.78 is 6.58. The summed E-state index contributed by atoms with van der Waals surface area (Å²) in [5.41, 5.74) is 13.4. The Morgan fingerprint density at radius 1 is 0.344 bits per heavy atom. The average molecular weight is 779 g/mol. The Hall–Kier alpha value is -8.46. The van der Waals surface area contributed by atoms with E-state index in [2.05, 4.69) is 146 Å². The fraction of sp³-hybridized carbons (Fsp3) is 0. The van der Waals surface area contributed by atoms with E-state index in [0.717, 1.165) is 72.0 Å². The maximum Gasteiger partial charge on any atom is 0.164 e. The predicted molar refractivity (Wildman–Crippen MR) is 247 cm³/mol. The zero-order valence-corrected chi connectivity index (χ0v) is 32.8. The van der Waals surface area contributed by atoms with Crippen LogP contribution in [0, 0.1) is 11.3 Å². The Kier molecular flexibility index (Phi) is 8.80. The van der Waals surface area contributed by atoms with Gasteiger partial charge in [-0.1, -0.05) is 158 Å². The maximum absolute atomic E-state index is 9.59. The van der Waals surface area contributed by atoms with Gasteiger partial charge in [-0.25, -0.2) is 15.0 Å². The molecule has 0 aliphatic carbocycles. The first kappa shape index (κ1) is 35.7. The van der Waals surface area contributed by atoms with Gasteiger partial charge in [0, 0.05) is 27.5 Å². The minimum Gasteiger partial charge on any atom is -0.456 e. The lowest BCUT2D eigenvalue weighted by Crippen LogP contribution is -2.00. The normalized spacial score (nSPS) is 11.3. The van der Waals surface area contributed by atoms with Crippen LogP contribution in [0.1, 0.15) is 5.56 Å². The first-order valence-corrected chi connectivity index (χ1v) is 20.2. The number of benzene rings is 9. The molecule has 2 aromatic heterocycles. The van der Waals surface area contributed by atoms with E-state index >= 15 is 0 Å². The molecule has 5 heteroatoms. The maximum atomic E-state index is 9.59. The second kappa shape index (κ2) is 15.0. The number of nitriles is 1. The molecule has 11 rings (SSSR count). The van der Waals surface area contributed by atoms with Crippen LogP contribution in [0.2, 0.25) is 0 Å². The number of nitrogens with zero attached hydrogens (tertiary/aromatic N) is 4. The number of furan rings is 1. The molecule has 11 aromatic rings. The Morgan fingerprint density at radius 2 is 0.852 bits per heavy atom. The van der Waals surface area contributed by atoms with E-state index in [1.54, 1.807) is 0 Å². The van der Waals surface area contributed by atoms with Gasteiger partial charge in [-0.2, -0.15) is 5.26 Å². The van der Waals surface area contributed by atoms with E-state index in [1.165, 1.54) is 21.9 Å². The molecular weight excluding hydrogens is 745 g/mol. The van der Waals surface area contributed by atoms with Crippen LogP contribution in [-0.4, -0.2) is 15.0 Å². The van der Waals surface area contributed by atoms with E-state index in [9.17, 15) is 5.26 Å². The summed E-state index contributed by atoms with van der Waals surface area (Å²) >= 11 is 0. The quantitative estimate of drug-likeness (QED) is 0.161. The molecule has 0 saturated carbocycles. The van der Waals surface area contributed by atoms with E-state index < -0.39 is 0 Å². The molecule has 0 N–H and O–H groups in total. The topological polar surface area (TPSA) is 75.6 Å². The predicted octanol–water partition coefficient (Wildman–Crippen LogP) is 14.5. The Labute approximate surface area is 352 Å². The van der Waals surface area contributed by atoms with Gasteiger partial charge >= 0.3 is 0 Å². The van der Waals surface area contributed by atoms with Crippen LogP contribution in [-0.2, 0) is 0 Å². The summed E-state index contributed by atoms with van der Waals surface area (Å²) in [6.45, 7) is 0. The van der Waals surface area contributed by atoms with Crippen LogP contribution in [0.4, 0.5) is 0 Å². The summed E-state index contributed by atoms with van der Waals surface area (Å²) in [5.74, 6) is 1.63. The van der Waals surface area contributed by atoms with Crippen molar-refractivity contribution in [1.82, 2.24) is 15.0 Å². The van der Waals surface area contributed by atoms with Gasteiger partial charge in [0.2, 0.25) is 0 Å². The standard InChI is InChI=1S/C56H34N4O/c57-35-36-10-6-15-41(30-36)44-17-8-19-47(33-44)55-58-54(46-18-7-16-43(32-46)40-24-22-39(23-25-40)37-11-2-1-3-12-37)59-56(60-55)48-28-29-50-52(34-48)61-51-21-9-20-49(53(50)51)45-27-26-38-13-4-5-14-42(38)31-45/h1-34H. The van der Waals surface area contributed by atoms with E-state index in [0.29, 0.717) is 23.0 Å². The van der Waals surface area contributed by atoms with Crippen LogP contribution in [0.5, 0.6) is 0 Å². The third-order valence-corrected chi connectivity index (χ3v) is 11.3. The molecule has 0 atom stereocenters. The highest BCUT2D eigenvalue weighted by Crippen LogP contribution is 2.39. The highest BCUT2D eigenvalue weighted by Gasteiger charge is 2.18. The van der Waals surface area contributed by atoms with Crippen molar-refractivity contribution in [3.05, 3.63) is 212 Å². The molecule has 0 aliphatic heterocycles. The largest absolute Gasteiger partial charge is 0.456 e. The number of hydrogen-bond acceptors (Lipinski definition) is 5. The molecule has 61 heavy (non-hydrogen) atoms. The van der Waals surface area contributed by atoms with Crippen molar-refractivity contribution in [2.75, 3.05) is 0 Å². The first-order valence-electron chi connectivity index (χ1n) is 20.2. The third-order valence-electron chi connectivity index (χ3n) is 11.3. The second-order valence-electron chi connectivity index (χ2n) is 15.2. The number of rotatable bonds is 7. The summed E-state index contributed by atoms with van der Waals surface area (Å²) in [5, 5.41) is 14.1. The molecule has 9 aromatic carbocycles. The minimum absolute atomic E-state index is 0.534. The zero-order valence-electron chi connectivity index (χ0n) is 32.8. The lowest BCUT2D eigenvalue weighted by Gasteiger charge is -2.11. The molecule has 284 valence electrons. The lowest BCUT2D eigenvalue weighted by molar-refractivity contribution is 0.669. The summed E-state index contributed by atoms with van der Waals surface area (Å²) in [6.07, 6.45) is 0. The Morgan fingerprint density at radius 3 is 1.56 bits per heavy atom. The molecule has 2 heterocycles. The molecule has 0 unspecified atom stereocenters. The molecule has 0 aliphatic rings. The molecular formula is C56H34N4O. The molecule has 0 radical (unpaired) electrons. The van der Waals surface area contributed by atoms with Crippen LogP contribution in [0.3, 0.4) is 0 Å². The number of hydrogen-bond donors (Lipinski definition) is 0. The first-order chi connectivity index (χ1) is 30.1. The second-order valence-corrected chi connectivity index (χ2v) is 15.2. The van der Waals surface area contributed by atoms with Crippen molar-refractivity contribution < 1.29 is 4.42 Å². The fourth-order valence-electron chi connectivity index (χ4n) is 8.26. The summed E-state index contributed by atoms with van der Waals surface area (Å²) in [7, 11) is 0. The fourth-order valence-corrected chi connectivity index (χ4v) is 8.26. The highest BCUT2D eigenvalue weighted by molar-refractivity contribution is 6.13. The van der Waals surface area contributed by atoms with Crippen LogP contribution >= 0.6 is 0 Å². The van der Waals surface area contributed by atoms with E-state index in [-0.39, 0.29) is 0 Å². The van der Waals surface area contributed by atoms with Gasteiger partial charge in [0.25, 0.3) is 0 Å². The number of fused-ring (bicyclic) bond motifs is 4. The number of aromatic nitrogens is 3. The summed E-state index contributed by atoms with van der Waals surface area (Å²) in [4.78, 5) is 15.4. The van der Waals surface area contributed by atoms with Gasteiger partial charge in [0.1, 0.15) is 11.2 Å². The van der Waals surface area contributed by atoms with Gasteiger partial charge in [-0.3, -0.25) is 0 Å². The van der Waals surface area contributed by atoms with Gasteiger partial charge in [0.15, 0.2) is 17.5 Å². The third kappa shape index (κ3) is 6.78. The van der Waals surface area contributed by atoms with E-state index in [4.69, 9.17) is 19.4 Å². The van der Waals surface area contributed by atoms with Crippen molar-refractivity contribution in [2.45, 2.75) is 0 Å². The molecule has 0 amide bonds. The molecule has 0 spiro atoms. The smallest absolute Gasteiger partial charge is 0.164 e. The highest BCUT2D eigenvalue weighted by atomic mass is 16.3. The Bertz CT molecular complexity index is 3490.